The molecular weight excluding hydrogens is 420 g/mol. The molecule has 1 heterocycles. The fourth-order valence-electron chi connectivity index (χ4n) is 3.47. The number of nitrogens with zero attached hydrogens (tertiary/aromatic N) is 2. The highest BCUT2D eigenvalue weighted by Crippen LogP contribution is 2.23. The molecule has 0 fully saturated rings. The van der Waals surface area contributed by atoms with Gasteiger partial charge in [-0.15, -0.1) is 0 Å². The maximum Gasteiger partial charge on any atom is 0.160 e. The van der Waals surface area contributed by atoms with Gasteiger partial charge in [0.05, 0.1) is 34.8 Å². The Bertz CT molecular complexity index is 1300. The van der Waals surface area contributed by atoms with E-state index in [1.807, 2.05) is 61.5 Å². The normalized spacial score (nSPS) is 11.4. The molecule has 4 aromatic rings. The predicted octanol–water partition coefficient (Wildman–Crippen LogP) is 4.86. The molecule has 3 aromatic carbocycles. The SMILES string of the molecule is Cc1ccc(CS(=O)(=O)Cc2ncc(-c3ccc(O)cc3)nc2Cc2ccccc2)cc1. The van der Waals surface area contributed by atoms with Gasteiger partial charge in [0.1, 0.15) is 5.75 Å². The van der Waals surface area contributed by atoms with Crippen molar-refractivity contribution in [2.75, 3.05) is 0 Å². The summed E-state index contributed by atoms with van der Waals surface area (Å²) in [4.78, 5) is 9.27. The van der Waals surface area contributed by atoms with Crippen molar-refractivity contribution >= 4 is 9.84 Å². The summed E-state index contributed by atoms with van der Waals surface area (Å²) in [7, 11) is -3.43. The third-order valence-corrected chi connectivity index (χ3v) is 6.66. The van der Waals surface area contributed by atoms with Crippen LogP contribution >= 0.6 is 0 Å². The largest absolute Gasteiger partial charge is 0.508 e. The van der Waals surface area contributed by atoms with Gasteiger partial charge < -0.3 is 5.11 Å². The molecule has 0 amide bonds. The highest BCUT2D eigenvalue weighted by molar-refractivity contribution is 7.89. The molecule has 6 heteroatoms. The Balaban J connectivity index is 1.66. The van der Waals surface area contributed by atoms with E-state index in [4.69, 9.17) is 4.98 Å². The van der Waals surface area contributed by atoms with Crippen LogP contribution < -0.4 is 0 Å². The number of sulfone groups is 1. The van der Waals surface area contributed by atoms with Crippen molar-refractivity contribution in [3.8, 4) is 17.0 Å². The topological polar surface area (TPSA) is 80.2 Å². The number of aryl methyl sites for hydroxylation is 1. The van der Waals surface area contributed by atoms with E-state index in [0.29, 0.717) is 23.5 Å². The van der Waals surface area contributed by atoms with E-state index in [-0.39, 0.29) is 17.3 Å². The van der Waals surface area contributed by atoms with Crippen LogP contribution in [0.15, 0.2) is 85.1 Å². The fraction of sp³-hybridized carbons (Fsp3) is 0.154. The van der Waals surface area contributed by atoms with Gasteiger partial charge in [-0.25, -0.2) is 13.4 Å². The van der Waals surface area contributed by atoms with Gasteiger partial charge in [-0.05, 0) is 42.3 Å². The molecule has 162 valence electrons. The molecule has 0 aliphatic rings. The van der Waals surface area contributed by atoms with E-state index in [1.165, 1.54) is 0 Å². The minimum absolute atomic E-state index is 0.0422. The second-order valence-corrected chi connectivity index (χ2v) is 9.94. The highest BCUT2D eigenvalue weighted by atomic mass is 32.2. The van der Waals surface area contributed by atoms with Gasteiger partial charge >= 0.3 is 0 Å². The number of aromatic hydroxyl groups is 1. The van der Waals surface area contributed by atoms with E-state index in [9.17, 15) is 13.5 Å². The summed E-state index contributed by atoms with van der Waals surface area (Å²) in [5.41, 5.74) is 5.41. The van der Waals surface area contributed by atoms with Crippen molar-refractivity contribution in [3.63, 3.8) is 0 Å². The Kier molecular flexibility index (Phi) is 6.32. The summed E-state index contributed by atoms with van der Waals surface area (Å²) < 4.78 is 25.9. The molecule has 0 atom stereocenters. The number of rotatable bonds is 7. The van der Waals surface area contributed by atoms with Gasteiger partial charge in [-0.1, -0.05) is 60.2 Å². The number of hydrogen-bond donors (Lipinski definition) is 1. The second-order valence-electron chi connectivity index (χ2n) is 7.88. The number of hydrogen-bond acceptors (Lipinski definition) is 5. The molecule has 0 saturated heterocycles. The zero-order valence-corrected chi connectivity index (χ0v) is 18.6. The average molecular weight is 445 g/mol. The smallest absolute Gasteiger partial charge is 0.160 e. The van der Waals surface area contributed by atoms with Gasteiger partial charge in [-0.3, -0.25) is 4.98 Å². The molecule has 0 spiro atoms. The lowest BCUT2D eigenvalue weighted by atomic mass is 10.1. The average Bonchev–Trinajstić information content (AvgIpc) is 2.77. The molecule has 0 aliphatic heterocycles. The van der Waals surface area contributed by atoms with Crippen LogP contribution in [0.4, 0.5) is 0 Å². The van der Waals surface area contributed by atoms with Crippen LogP contribution in [0.25, 0.3) is 11.3 Å². The molecule has 0 aliphatic carbocycles. The molecule has 0 bridgehead atoms. The molecule has 32 heavy (non-hydrogen) atoms. The number of phenolic OH excluding ortho intramolecular Hbond substituents is 1. The Hall–Kier alpha value is -3.51. The fourth-order valence-corrected chi connectivity index (χ4v) is 4.93. The summed E-state index contributed by atoms with van der Waals surface area (Å²) >= 11 is 0. The number of benzene rings is 3. The Morgan fingerprint density at radius 1 is 0.781 bits per heavy atom. The summed E-state index contributed by atoms with van der Waals surface area (Å²) in [5, 5.41) is 9.56. The van der Waals surface area contributed by atoms with Crippen LogP contribution in [0.3, 0.4) is 0 Å². The van der Waals surface area contributed by atoms with Gasteiger partial charge in [0.2, 0.25) is 0 Å². The van der Waals surface area contributed by atoms with Crippen molar-refractivity contribution in [2.45, 2.75) is 24.9 Å². The Labute approximate surface area is 188 Å². The van der Waals surface area contributed by atoms with Crippen LogP contribution in [0.2, 0.25) is 0 Å². The molecule has 5 nitrogen and oxygen atoms in total. The zero-order chi connectivity index (χ0) is 22.6. The standard InChI is InChI=1S/C26H24N2O3S/c1-19-7-9-21(10-8-19)17-32(30,31)18-26-24(15-20-5-3-2-4-6-20)28-25(16-27-26)22-11-13-23(29)14-12-22/h2-14,16,29H,15,17-18H2,1H3. The van der Waals surface area contributed by atoms with Crippen LogP contribution in [-0.2, 0) is 27.8 Å². The zero-order valence-electron chi connectivity index (χ0n) is 17.8. The lowest BCUT2D eigenvalue weighted by Gasteiger charge is -2.12. The van der Waals surface area contributed by atoms with Gasteiger partial charge in [0, 0.05) is 12.0 Å². The molecule has 4 rings (SSSR count). The molecule has 0 radical (unpaired) electrons. The first-order chi connectivity index (χ1) is 15.4. The lowest BCUT2D eigenvalue weighted by Crippen LogP contribution is -2.12. The monoisotopic (exact) mass is 444 g/mol. The van der Waals surface area contributed by atoms with E-state index < -0.39 is 9.84 Å². The second kappa shape index (κ2) is 9.32. The maximum absolute atomic E-state index is 13.0. The van der Waals surface area contributed by atoms with Gasteiger partial charge in [0.25, 0.3) is 0 Å². The van der Waals surface area contributed by atoms with Crippen molar-refractivity contribution in [2.24, 2.45) is 0 Å². The van der Waals surface area contributed by atoms with Gasteiger partial charge in [-0.2, -0.15) is 0 Å². The first-order valence-electron chi connectivity index (χ1n) is 10.3. The molecule has 0 unspecified atom stereocenters. The van der Waals surface area contributed by atoms with Crippen LogP contribution in [-0.4, -0.2) is 23.5 Å². The van der Waals surface area contributed by atoms with E-state index in [0.717, 1.165) is 22.3 Å². The highest BCUT2D eigenvalue weighted by Gasteiger charge is 2.19. The third-order valence-electron chi connectivity index (χ3n) is 5.17. The van der Waals surface area contributed by atoms with Crippen LogP contribution in [0.5, 0.6) is 5.75 Å². The quantitative estimate of drug-likeness (QED) is 0.440. The molecule has 1 aromatic heterocycles. The number of phenols is 1. The van der Waals surface area contributed by atoms with Crippen LogP contribution in [0.1, 0.15) is 28.1 Å². The van der Waals surface area contributed by atoms with E-state index in [2.05, 4.69) is 4.98 Å². The van der Waals surface area contributed by atoms with Crippen molar-refractivity contribution < 1.29 is 13.5 Å². The van der Waals surface area contributed by atoms with E-state index in [1.54, 1.807) is 30.5 Å². The number of aromatic nitrogens is 2. The molecular formula is C26H24N2O3S. The Morgan fingerprint density at radius 3 is 2.16 bits per heavy atom. The lowest BCUT2D eigenvalue weighted by molar-refractivity contribution is 0.475. The molecule has 0 saturated carbocycles. The summed E-state index contributed by atoms with van der Waals surface area (Å²) in [6.45, 7) is 1.97. The first-order valence-corrected chi connectivity index (χ1v) is 12.1. The van der Waals surface area contributed by atoms with E-state index >= 15 is 0 Å². The Morgan fingerprint density at radius 2 is 1.47 bits per heavy atom. The summed E-state index contributed by atoms with van der Waals surface area (Å²) in [6, 6.07) is 24.0. The summed E-state index contributed by atoms with van der Waals surface area (Å²) in [5.74, 6) is -0.0456. The maximum atomic E-state index is 13.0. The van der Waals surface area contributed by atoms with Gasteiger partial charge in [0.15, 0.2) is 9.84 Å². The van der Waals surface area contributed by atoms with Crippen LogP contribution in [0, 0.1) is 6.92 Å². The first kappa shape index (κ1) is 21.7. The van der Waals surface area contributed by atoms with Crippen molar-refractivity contribution in [1.82, 2.24) is 9.97 Å². The predicted molar refractivity (Wildman–Crippen MR) is 126 cm³/mol. The van der Waals surface area contributed by atoms with Crippen molar-refractivity contribution in [1.29, 1.82) is 0 Å². The molecule has 1 N–H and O–H groups in total. The summed E-state index contributed by atoms with van der Waals surface area (Å²) in [6.07, 6.45) is 2.08. The van der Waals surface area contributed by atoms with Crippen molar-refractivity contribution in [3.05, 3.63) is 113 Å². The third kappa shape index (κ3) is 5.59. The minimum atomic E-state index is -3.43. The minimum Gasteiger partial charge on any atom is -0.508 e.